The van der Waals surface area contributed by atoms with Gasteiger partial charge in [-0.25, -0.2) is 0 Å². The summed E-state index contributed by atoms with van der Waals surface area (Å²) < 4.78 is 1.70. The molecular formula is C9H9N3O. The molecule has 0 radical (unpaired) electrons. The maximum Gasteiger partial charge on any atom is 0.264 e. The summed E-state index contributed by atoms with van der Waals surface area (Å²) in [4.78, 5) is 15.0. The third kappa shape index (κ3) is 1.38. The molecule has 2 aromatic rings. The Kier molecular flexibility index (Phi) is 1.73. The summed E-state index contributed by atoms with van der Waals surface area (Å²) in [5, 5.41) is 2.68. The van der Waals surface area contributed by atoms with Crippen molar-refractivity contribution in [3.63, 3.8) is 0 Å². The van der Waals surface area contributed by atoms with Gasteiger partial charge in [-0.15, -0.1) is 0 Å². The number of nitrogens with one attached hydrogen (secondary N) is 1. The summed E-state index contributed by atoms with van der Waals surface area (Å²) in [6, 6.07) is 5.26. The van der Waals surface area contributed by atoms with E-state index in [4.69, 9.17) is 0 Å². The van der Waals surface area contributed by atoms with E-state index in [0.29, 0.717) is 0 Å². The van der Waals surface area contributed by atoms with E-state index in [9.17, 15) is 4.79 Å². The lowest BCUT2D eigenvalue weighted by Crippen LogP contribution is -2.04. The van der Waals surface area contributed by atoms with Gasteiger partial charge in [-0.1, -0.05) is 0 Å². The topological polar surface area (TPSA) is 50.7 Å². The largest absolute Gasteiger partial charge is 0.268 e. The zero-order valence-electron chi connectivity index (χ0n) is 7.19. The molecule has 0 aliphatic rings. The zero-order chi connectivity index (χ0) is 9.26. The maximum absolute atomic E-state index is 11.0. The van der Waals surface area contributed by atoms with Crippen LogP contribution in [-0.2, 0) is 0 Å². The predicted octanol–water partition coefficient (Wildman–Crippen LogP) is 0.869. The van der Waals surface area contributed by atoms with Gasteiger partial charge in [0.15, 0.2) is 0 Å². The fourth-order valence-corrected chi connectivity index (χ4v) is 1.24. The van der Waals surface area contributed by atoms with E-state index in [1.807, 2.05) is 19.1 Å². The number of rotatable bonds is 1. The molecule has 0 saturated heterocycles. The minimum absolute atomic E-state index is 0.0960. The lowest BCUT2D eigenvalue weighted by Gasteiger charge is -2.02. The first-order valence-corrected chi connectivity index (χ1v) is 3.96. The Morgan fingerprint density at radius 3 is 2.92 bits per heavy atom. The number of pyridine rings is 1. The van der Waals surface area contributed by atoms with E-state index >= 15 is 0 Å². The highest BCUT2D eigenvalue weighted by Crippen LogP contribution is 2.04. The Labute approximate surface area is 74.8 Å². The second-order valence-electron chi connectivity index (χ2n) is 2.81. The number of aryl methyl sites for hydroxylation is 1. The average Bonchev–Trinajstić information content (AvgIpc) is 2.47. The summed E-state index contributed by atoms with van der Waals surface area (Å²) in [6.07, 6.45) is 3.39. The van der Waals surface area contributed by atoms with Crippen LogP contribution in [0.4, 0.5) is 0 Å². The standard InChI is InChI=1S/C9H9N3O/c1-7-5-9(13)11-12(7)8-3-2-4-10-6-8/h2-6H,1H3,(H,11,13). The maximum atomic E-state index is 11.0. The molecule has 0 unspecified atom stereocenters. The second-order valence-corrected chi connectivity index (χ2v) is 2.81. The van der Waals surface area contributed by atoms with E-state index in [2.05, 4.69) is 10.1 Å². The monoisotopic (exact) mass is 175 g/mol. The minimum atomic E-state index is -0.0960. The van der Waals surface area contributed by atoms with Crippen LogP contribution in [0.5, 0.6) is 0 Å². The molecule has 0 amide bonds. The quantitative estimate of drug-likeness (QED) is 0.699. The van der Waals surface area contributed by atoms with Crippen LogP contribution in [0, 0.1) is 6.92 Å². The minimum Gasteiger partial charge on any atom is -0.268 e. The molecule has 2 heterocycles. The molecule has 2 rings (SSSR count). The molecule has 0 aromatic carbocycles. The fourth-order valence-electron chi connectivity index (χ4n) is 1.24. The van der Waals surface area contributed by atoms with Crippen molar-refractivity contribution in [3.8, 4) is 5.69 Å². The molecule has 0 aliphatic heterocycles. The highest BCUT2D eigenvalue weighted by Gasteiger charge is 2.00. The van der Waals surface area contributed by atoms with Crippen LogP contribution in [0.25, 0.3) is 5.69 Å². The Morgan fingerprint density at radius 2 is 2.38 bits per heavy atom. The average molecular weight is 175 g/mol. The Bertz CT molecular complexity index is 455. The van der Waals surface area contributed by atoms with Crippen molar-refractivity contribution in [3.05, 3.63) is 46.6 Å². The van der Waals surface area contributed by atoms with Gasteiger partial charge in [0.25, 0.3) is 5.56 Å². The number of hydrogen-bond donors (Lipinski definition) is 1. The van der Waals surface area contributed by atoms with Crippen LogP contribution in [0.2, 0.25) is 0 Å². The van der Waals surface area contributed by atoms with Gasteiger partial charge in [-0.3, -0.25) is 19.6 Å². The summed E-state index contributed by atoms with van der Waals surface area (Å²) in [6.45, 7) is 1.87. The third-order valence-electron chi connectivity index (χ3n) is 1.82. The first-order chi connectivity index (χ1) is 6.27. The van der Waals surface area contributed by atoms with E-state index in [1.54, 1.807) is 23.1 Å². The van der Waals surface area contributed by atoms with Crippen LogP contribution in [0.15, 0.2) is 35.4 Å². The molecule has 13 heavy (non-hydrogen) atoms. The lowest BCUT2D eigenvalue weighted by molar-refractivity contribution is 0.829. The van der Waals surface area contributed by atoms with Crippen LogP contribution in [0.3, 0.4) is 0 Å². The van der Waals surface area contributed by atoms with Crippen LogP contribution < -0.4 is 5.56 Å². The summed E-state index contributed by atoms with van der Waals surface area (Å²) in [5.74, 6) is 0. The predicted molar refractivity (Wildman–Crippen MR) is 48.9 cm³/mol. The van der Waals surface area contributed by atoms with Gasteiger partial charge in [-0.05, 0) is 19.1 Å². The Hall–Kier alpha value is -1.84. The van der Waals surface area contributed by atoms with Crippen molar-refractivity contribution in [2.45, 2.75) is 6.92 Å². The molecule has 0 atom stereocenters. The Morgan fingerprint density at radius 1 is 1.54 bits per heavy atom. The number of hydrogen-bond acceptors (Lipinski definition) is 2. The normalized spacial score (nSPS) is 10.2. The van der Waals surface area contributed by atoms with Crippen molar-refractivity contribution in [2.75, 3.05) is 0 Å². The molecule has 0 fully saturated rings. The summed E-state index contributed by atoms with van der Waals surface area (Å²) in [5.41, 5.74) is 1.64. The van der Waals surface area contributed by atoms with Gasteiger partial charge >= 0.3 is 0 Å². The first kappa shape index (κ1) is 7.79. The van der Waals surface area contributed by atoms with Crippen LogP contribution >= 0.6 is 0 Å². The second kappa shape index (κ2) is 2.90. The molecule has 2 aromatic heterocycles. The molecule has 0 aliphatic carbocycles. The van der Waals surface area contributed by atoms with Crippen LogP contribution in [-0.4, -0.2) is 14.8 Å². The molecule has 0 saturated carbocycles. The molecule has 1 N–H and O–H groups in total. The highest BCUT2D eigenvalue weighted by atomic mass is 16.1. The number of aromatic amines is 1. The van der Waals surface area contributed by atoms with E-state index < -0.39 is 0 Å². The van der Waals surface area contributed by atoms with Crippen molar-refractivity contribution in [1.29, 1.82) is 0 Å². The Balaban J connectivity index is 2.59. The van der Waals surface area contributed by atoms with Gasteiger partial charge < -0.3 is 0 Å². The third-order valence-corrected chi connectivity index (χ3v) is 1.82. The van der Waals surface area contributed by atoms with Crippen molar-refractivity contribution < 1.29 is 0 Å². The van der Waals surface area contributed by atoms with Crippen LogP contribution in [0.1, 0.15) is 5.69 Å². The smallest absolute Gasteiger partial charge is 0.264 e. The summed E-state index contributed by atoms with van der Waals surface area (Å²) in [7, 11) is 0. The lowest BCUT2D eigenvalue weighted by atomic mass is 10.4. The van der Waals surface area contributed by atoms with Crippen molar-refractivity contribution >= 4 is 0 Å². The molecule has 0 spiro atoms. The van der Waals surface area contributed by atoms with Gasteiger partial charge in [0, 0.05) is 18.0 Å². The van der Waals surface area contributed by atoms with Gasteiger partial charge in [0.2, 0.25) is 0 Å². The van der Waals surface area contributed by atoms with Gasteiger partial charge in [0.05, 0.1) is 11.9 Å². The number of nitrogens with zero attached hydrogens (tertiary/aromatic N) is 2. The molecular weight excluding hydrogens is 166 g/mol. The van der Waals surface area contributed by atoms with Gasteiger partial charge in [-0.2, -0.15) is 0 Å². The molecule has 4 heteroatoms. The number of aromatic nitrogens is 3. The van der Waals surface area contributed by atoms with Crippen molar-refractivity contribution in [1.82, 2.24) is 14.8 Å². The zero-order valence-corrected chi connectivity index (χ0v) is 7.19. The first-order valence-electron chi connectivity index (χ1n) is 3.96. The number of H-pyrrole nitrogens is 1. The van der Waals surface area contributed by atoms with Gasteiger partial charge in [0.1, 0.15) is 0 Å². The van der Waals surface area contributed by atoms with E-state index in [-0.39, 0.29) is 5.56 Å². The SMILES string of the molecule is Cc1cc(=O)[nH]n1-c1cccnc1. The molecule has 0 bridgehead atoms. The molecule has 4 nitrogen and oxygen atoms in total. The highest BCUT2D eigenvalue weighted by molar-refractivity contribution is 5.28. The molecule has 66 valence electrons. The summed E-state index contributed by atoms with van der Waals surface area (Å²) >= 11 is 0. The fraction of sp³-hybridized carbons (Fsp3) is 0.111. The van der Waals surface area contributed by atoms with E-state index in [1.165, 1.54) is 0 Å². The van der Waals surface area contributed by atoms with Crippen molar-refractivity contribution in [2.24, 2.45) is 0 Å². The van der Waals surface area contributed by atoms with E-state index in [0.717, 1.165) is 11.4 Å².